The number of rotatable bonds is 8. The van der Waals surface area contributed by atoms with Crippen LogP contribution in [0.5, 0.6) is 0 Å². The van der Waals surface area contributed by atoms with Crippen LogP contribution in [0.3, 0.4) is 0 Å². The SMILES string of the molecule is CC(C)[C@@H](O[Si](C)(C)C(C)(C)C)[C@H](C)/C=C/[C@@H](O)CC=O. The maximum absolute atomic E-state index is 10.4. The van der Waals surface area contributed by atoms with Gasteiger partial charge in [0.15, 0.2) is 8.32 Å². The minimum absolute atomic E-state index is 0.130. The fourth-order valence-corrected chi connectivity index (χ4v) is 3.48. The van der Waals surface area contributed by atoms with E-state index in [2.05, 4.69) is 54.6 Å². The molecule has 0 rings (SSSR count). The summed E-state index contributed by atoms with van der Waals surface area (Å²) in [7, 11) is -1.82. The summed E-state index contributed by atoms with van der Waals surface area (Å²) in [5.74, 6) is 0.613. The molecular formula is C17H34O3Si. The summed E-state index contributed by atoms with van der Waals surface area (Å²) in [5, 5.41) is 9.81. The highest BCUT2D eigenvalue weighted by Gasteiger charge is 2.40. The Labute approximate surface area is 131 Å². The van der Waals surface area contributed by atoms with Crippen molar-refractivity contribution < 1.29 is 14.3 Å². The zero-order valence-corrected chi connectivity index (χ0v) is 16.0. The Kier molecular flexibility index (Phi) is 8.07. The molecule has 21 heavy (non-hydrogen) atoms. The smallest absolute Gasteiger partial charge is 0.192 e. The monoisotopic (exact) mass is 314 g/mol. The first-order valence-electron chi connectivity index (χ1n) is 7.90. The normalized spacial score (nSPS) is 18.0. The minimum atomic E-state index is -1.82. The quantitative estimate of drug-likeness (QED) is 0.415. The second kappa shape index (κ2) is 8.25. The fraction of sp³-hybridized carbons (Fsp3) is 0.824. The third-order valence-corrected chi connectivity index (χ3v) is 8.86. The first kappa shape index (κ1) is 20.5. The zero-order chi connectivity index (χ0) is 16.8. The van der Waals surface area contributed by atoms with Crippen LogP contribution in [0.4, 0.5) is 0 Å². The van der Waals surface area contributed by atoms with Gasteiger partial charge in [-0.2, -0.15) is 0 Å². The number of hydrogen-bond acceptors (Lipinski definition) is 3. The van der Waals surface area contributed by atoms with E-state index in [-0.39, 0.29) is 23.5 Å². The van der Waals surface area contributed by atoms with Crippen LogP contribution in [-0.2, 0) is 9.22 Å². The molecule has 0 aromatic heterocycles. The second-order valence-corrected chi connectivity index (χ2v) is 12.6. The molecule has 0 aliphatic heterocycles. The predicted octanol–water partition coefficient (Wildman–Crippen LogP) is 4.18. The Bertz CT molecular complexity index is 342. The number of aliphatic hydroxyl groups is 1. The number of aliphatic hydroxyl groups excluding tert-OH is 1. The molecule has 0 aromatic rings. The van der Waals surface area contributed by atoms with Crippen LogP contribution in [0, 0.1) is 11.8 Å². The average molecular weight is 315 g/mol. The van der Waals surface area contributed by atoms with Gasteiger partial charge in [0.2, 0.25) is 0 Å². The van der Waals surface area contributed by atoms with Crippen molar-refractivity contribution >= 4 is 14.6 Å². The number of carbonyl (C=O) groups is 1. The van der Waals surface area contributed by atoms with Crippen molar-refractivity contribution in [3.8, 4) is 0 Å². The number of carbonyl (C=O) groups excluding carboxylic acids is 1. The van der Waals surface area contributed by atoms with E-state index in [0.29, 0.717) is 5.92 Å². The average Bonchev–Trinajstić information content (AvgIpc) is 2.31. The Morgan fingerprint density at radius 3 is 2.05 bits per heavy atom. The van der Waals surface area contributed by atoms with Gasteiger partial charge >= 0.3 is 0 Å². The van der Waals surface area contributed by atoms with Crippen LogP contribution in [0.25, 0.3) is 0 Å². The molecule has 0 amide bonds. The first-order valence-corrected chi connectivity index (χ1v) is 10.8. The fourth-order valence-electron chi connectivity index (χ4n) is 1.96. The van der Waals surface area contributed by atoms with E-state index in [1.807, 2.05) is 6.08 Å². The van der Waals surface area contributed by atoms with Gasteiger partial charge in [-0.05, 0) is 30.0 Å². The summed E-state index contributed by atoms with van der Waals surface area (Å²) >= 11 is 0. The van der Waals surface area contributed by atoms with E-state index < -0.39 is 14.4 Å². The lowest BCUT2D eigenvalue weighted by atomic mass is 9.94. The minimum Gasteiger partial charge on any atom is -0.413 e. The van der Waals surface area contributed by atoms with E-state index >= 15 is 0 Å². The molecular weight excluding hydrogens is 280 g/mol. The van der Waals surface area contributed by atoms with E-state index in [1.54, 1.807) is 6.08 Å². The highest BCUT2D eigenvalue weighted by molar-refractivity contribution is 6.74. The van der Waals surface area contributed by atoms with Crippen molar-refractivity contribution in [1.29, 1.82) is 0 Å². The van der Waals surface area contributed by atoms with Crippen LogP contribution in [-0.4, -0.2) is 31.9 Å². The van der Waals surface area contributed by atoms with E-state index in [1.165, 1.54) is 0 Å². The van der Waals surface area contributed by atoms with Crippen molar-refractivity contribution in [1.82, 2.24) is 0 Å². The van der Waals surface area contributed by atoms with Crippen LogP contribution in [0.2, 0.25) is 18.1 Å². The highest BCUT2D eigenvalue weighted by Crippen LogP contribution is 2.39. The Balaban J connectivity index is 4.95. The summed E-state index contributed by atoms with van der Waals surface area (Å²) in [6, 6.07) is 0. The summed E-state index contributed by atoms with van der Waals surface area (Å²) in [6.45, 7) is 17.7. The van der Waals surface area contributed by atoms with Crippen LogP contribution >= 0.6 is 0 Å². The molecule has 0 unspecified atom stereocenters. The van der Waals surface area contributed by atoms with Crippen LogP contribution in [0.15, 0.2) is 12.2 Å². The summed E-state index contributed by atoms with van der Waals surface area (Å²) in [4.78, 5) is 10.4. The van der Waals surface area contributed by atoms with E-state index in [0.717, 1.165) is 6.29 Å². The van der Waals surface area contributed by atoms with Crippen LogP contribution in [0.1, 0.15) is 48.0 Å². The van der Waals surface area contributed by atoms with Gasteiger partial charge in [0, 0.05) is 6.42 Å². The number of hydrogen-bond donors (Lipinski definition) is 1. The van der Waals surface area contributed by atoms with Gasteiger partial charge < -0.3 is 14.3 Å². The highest BCUT2D eigenvalue weighted by atomic mass is 28.4. The topological polar surface area (TPSA) is 46.5 Å². The third-order valence-electron chi connectivity index (χ3n) is 4.39. The van der Waals surface area contributed by atoms with E-state index in [9.17, 15) is 9.90 Å². The molecule has 0 spiro atoms. The second-order valence-electron chi connectivity index (χ2n) is 7.80. The Hall–Kier alpha value is -0.453. The summed E-state index contributed by atoms with van der Waals surface area (Å²) in [5.41, 5.74) is 0. The van der Waals surface area contributed by atoms with Gasteiger partial charge in [-0.25, -0.2) is 0 Å². The summed E-state index contributed by atoms with van der Waals surface area (Å²) < 4.78 is 6.55. The largest absolute Gasteiger partial charge is 0.413 e. The molecule has 0 aromatic carbocycles. The Morgan fingerprint density at radius 2 is 1.67 bits per heavy atom. The van der Waals surface area contributed by atoms with Gasteiger partial charge in [-0.15, -0.1) is 0 Å². The lowest BCUT2D eigenvalue weighted by Crippen LogP contribution is -2.46. The molecule has 0 radical (unpaired) electrons. The molecule has 124 valence electrons. The van der Waals surface area contributed by atoms with Gasteiger partial charge in [0.05, 0.1) is 12.2 Å². The lowest BCUT2D eigenvalue weighted by molar-refractivity contribution is -0.109. The van der Waals surface area contributed by atoms with Crippen molar-refractivity contribution in [2.75, 3.05) is 0 Å². The molecule has 3 nitrogen and oxygen atoms in total. The molecule has 0 heterocycles. The van der Waals surface area contributed by atoms with Crippen molar-refractivity contribution in [3.63, 3.8) is 0 Å². The van der Waals surface area contributed by atoms with Crippen molar-refractivity contribution in [2.45, 2.75) is 78.3 Å². The molecule has 0 aliphatic rings. The van der Waals surface area contributed by atoms with Crippen molar-refractivity contribution in [3.05, 3.63) is 12.2 Å². The summed E-state index contributed by atoms with van der Waals surface area (Å²) in [6.07, 6.45) is 4.02. The molecule has 0 bridgehead atoms. The van der Waals surface area contributed by atoms with E-state index in [4.69, 9.17) is 4.43 Å². The lowest BCUT2D eigenvalue weighted by Gasteiger charge is -2.42. The molecule has 1 N–H and O–H groups in total. The third kappa shape index (κ3) is 6.89. The molecule has 0 saturated heterocycles. The molecule has 0 saturated carbocycles. The Morgan fingerprint density at radius 1 is 1.14 bits per heavy atom. The zero-order valence-electron chi connectivity index (χ0n) is 15.0. The molecule has 3 atom stereocenters. The van der Waals surface area contributed by atoms with Crippen molar-refractivity contribution in [2.24, 2.45) is 11.8 Å². The van der Waals surface area contributed by atoms with Gasteiger partial charge in [-0.3, -0.25) is 0 Å². The number of aldehydes is 1. The van der Waals surface area contributed by atoms with Gasteiger partial charge in [0.25, 0.3) is 0 Å². The maximum Gasteiger partial charge on any atom is 0.192 e. The van der Waals surface area contributed by atoms with Crippen LogP contribution < -0.4 is 0 Å². The molecule has 4 heteroatoms. The van der Waals surface area contributed by atoms with Gasteiger partial charge in [-0.1, -0.05) is 53.7 Å². The standard InChI is InChI=1S/C17H34O3Si/c1-13(2)16(20-21(7,8)17(4,5)6)14(3)9-10-15(19)11-12-18/h9-10,12-16,19H,11H2,1-8H3/b10-9+/t14-,15-,16-/m1/s1. The maximum atomic E-state index is 10.4. The molecule has 0 aliphatic carbocycles. The van der Waals surface area contributed by atoms with Gasteiger partial charge in [0.1, 0.15) is 6.29 Å². The molecule has 0 fully saturated rings. The predicted molar refractivity (Wildman–Crippen MR) is 91.9 cm³/mol. The first-order chi connectivity index (χ1) is 9.42.